The van der Waals surface area contributed by atoms with Gasteiger partial charge in [0, 0.05) is 19.2 Å². The van der Waals surface area contributed by atoms with E-state index in [1.165, 1.54) is 18.9 Å². The predicted octanol–water partition coefficient (Wildman–Crippen LogP) is 2.43. The second-order valence-electron chi connectivity index (χ2n) is 5.06. The first-order chi connectivity index (χ1) is 9.24. The Morgan fingerprint density at radius 2 is 2.16 bits per heavy atom. The van der Waals surface area contributed by atoms with Gasteiger partial charge in [0.2, 0.25) is 0 Å². The van der Waals surface area contributed by atoms with E-state index in [0.29, 0.717) is 6.04 Å². The van der Waals surface area contributed by atoms with E-state index in [-0.39, 0.29) is 12.2 Å². The highest BCUT2D eigenvalue weighted by molar-refractivity contribution is 5.34. The molecule has 1 fully saturated rings. The standard InChI is InChI=1S/C15H19FN2O/c16-15-6-3-12(9-13(15)10-17)11-18(14-4-5-14)7-1-2-8-19/h3,6,9,14,19H,1-2,4-5,7-8,11H2. The molecule has 2 rings (SSSR count). The Labute approximate surface area is 113 Å². The van der Waals surface area contributed by atoms with Gasteiger partial charge in [0.25, 0.3) is 0 Å². The summed E-state index contributed by atoms with van der Waals surface area (Å²) in [7, 11) is 0. The highest BCUT2D eigenvalue weighted by Crippen LogP contribution is 2.28. The van der Waals surface area contributed by atoms with Gasteiger partial charge >= 0.3 is 0 Å². The topological polar surface area (TPSA) is 47.3 Å². The lowest BCUT2D eigenvalue weighted by Gasteiger charge is -2.22. The van der Waals surface area contributed by atoms with Gasteiger partial charge in [-0.3, -0.25) is 4.90 Å². The van der Waals surface area contributed by atoms with Crippen LogP contribution in [0.5, 0.6) is 0 Å². The van der Waals surface area contributed by atoms with E-state index in [4.69, 9.17) is 10.4 Å². The number of halogens is 1. The summed E-state index contributed by atoms with van der Waals surface area (Å²) in [5.74, 6) is -0.454. The van der Waals surface area contributed by atoms with Crippen LogP contribution in [-0.4, -0.2) is 29.2 Å². The number of nitriles is 1. The molecule has 0 bridgehead atoms. The molecule has 0 atom stereocenters. The van der Waals surface area contributed by atoms with Crippen molar-refractivity contribution in [3.63, 3.8) is 0 Å². The van der Waals surface area contributed by atoms with Crippen LogP contribution >= 0.6 is 0 Å². The maximum Gasteiger partial charge on any atom is 0.140 e. The average molecular weight is 262 g/mol. The summed E-state index contributed by atoms with van der Waals surface area (Å²) >= 11 is 0. The van der Waals surface area contributed by atoms with Crippen LogP contribution in [0.25, 0.3) is 0 Å². The second-order valence-corrected chi connectivity index (χ2v) is 5.06. The molecule has 4 heteroatoms. The molecule has 0 unspecified atom stereocenters. The third-order valence-electron chi connectivity index (χ3n) is 3.45. The van der Waals surface area contributed by atoms with Gasteiger partial charge in [-0.2, -0.15) is 5.26 Å². The lowest BCUT2D eigenvalue weighted by molar-refractivity contribution is 0.228. The average Bonchev–Trinajstić information content (AvgIpc) is 3.24. The highest BCUT2D eigenvalue weighted by atomic mass is 19.1. The van der Waals surface area contributed by atoms with E-state index in [1.807, 2.05) is 6.07 Å². The SMILES string of the molecule is N#Cc1cc(CN(CCCCO)C2CC2)ccc1F. The fourth-order valence-electron chi connectivity index (χ4n) is 2.25. The van der Waals surface area contributed by atoms with Crippen molar-refractivity contribution >= 4 is 0 Å². The number of rotatable bonds is 7. The zero-order chi connectivity index (χ0) is 13.7. The fraction of sp³-hybridized carbons (Fsp3) is 0.533. The first-order valence-electron chi connectivity index (χ1n) is 6.78. The minimum absolute atomic E-state index is 0.114. The fourth-order valence-corrected chi connectivity index (χ4v) is 2.25. The number of hydrogen-bond donors (Lipinski definition) is 1. The van der Waals surface area contributed by atoms with E-state index in [0.717, 1.165) is 31.5 Å². The molecule has 0 aliphatic heterocycles. The summed E-state index contributed by atoms with van der Waals surface area (Å²) in [6, 6.07) is 7.25. The Morgan fingerprint density at radius 1 is 1.37 bits per heavy atom. The molecule has 1 N–H and O–H groups in total. The lowest BCUT2D eigenvalue weighted by atomic mass is 10.1. The molecule has 0 saturated heterocycles. The normalized spacial score (nSPS) is 14.6. The largest absolute Gasteiger partial charge is 0.396 e. The third kappa shape index (κ3) is 4.02. The molecule has 1 aromatic rings. The van der Waals surface area contributed by atoms with Crippen LogP contribution < -0.4 is 0 Å². The monoisotopic (exact) mass is 262 g/mol. The van der Waals surface area contributed by atoms with Gasteiger partial charge in [0.1, 0.15) is 11.9 Å². The lowest BCUT2D eigenvalue weighted by Crippen LogP contribution is -2.27. The van der Waals surface area contributed by atoms with Crippen LogP contribution in [0, 0.1) is 17.1 Å². The van der Waals surface area contributed by atoms with Crippen molar-refractivity contribution in [3.05, 3.63) is 35.1 Å². The van der Waals surface area contributed by atoms with Crippen LogP contribution in [0.2, 0.25) is 0 Å². The van der Waals surface area contributed by atoms with Gasteiger partial charge in [0.15, 0.2) is 0 Å². The molecule has 0 heterocycles. The van der Waals surface area contributed by atoms with Crippen LogP contribution in [0.4, 0.5) is 4.39 Å². The third-order valence-corrected chi connectivity index (χ3v) is 3.45. The highest BCUT2D eigenvalue weighted by Gasteiger charge is 2.28. The molecule has 0 spiro atoms. The van der Waals surface area contributed by atoms with Crippen molar-refractivity contribution < 1.29 is 9.50 Å². The summed E-state index contributed by atoms with van der Waals surface area (Å²) in [5, 5.41) is 17.7. The van der Waals surface area contributed by atoms with Crippen molar-refractivity contribution in [2.45, 2.75) is 38.3 Å². The van der Waals surface area contributed by atoms with Crippen molar-refractivity contribution in [2.24, 2.45) is 0 Å². The number of hydrogen-bond acceptors (Lipinski definition) is 3. The number of aliphatic hydroxyl groups excluding tert-OH is 1. The Morgan fingerprint density at radius 3 is 2.79 bits per heavy atom. The molecule has 1 aromatic carbocycles. The molecule has 3 nitrogen and oxygen atoms in total. The van der Waals surface area contributed by atoms with Gasteiger partial charge in [-0.05, 0) is 49.9 Å². The molecule has 1 aliphatic rings. The second kappa shape index (κ2) is 6.65. The molecular weight excluding hydrogens is 243 g/mol. The Kier molecular flexibility index (Phi) is 4.89. The molecule has 0 radical (unpaired) electrons. The molecule has 1 saturated carbocycles. The van der Waals surface area contributed by atoms with Crippen LogP contribution in [0.1, 0.15) is 36.8 Å². The van der Waals surface area contributed by atoms with Crippen LogP contribution in [0.3, 0.4) is 0 Å². The van der Waals surface area contributed by atoms with Crippen LogP contribution in [0.15, 0.2) is 18.2 Å². The predicted molar refractivity (Wildman–Crippen MR) is 70.9 cm³/mol. The Hall–Kier alpha value is -1.44. The molecular formula is C15H19FN2O. The zero-order valence-electron chi connectivity index (χ0n) is 11.0. The maximum atomic E-state index is 13.3. The van der Waals surface area contributed by atoms with Crippen LogP contribution in [-0.2, 0) is 6.54 Å². The van der Waals surface area contributed by atoms with E-state index in [9.17, 15) is 4.39 Å². The molecule has 1 aliphatic carbocycles. The number of benzene rings is 1. The zero-order valence-corrected chi connectivity index (χ0v) is 11.0. The quantitative estimate of drug-likeness (QED) is 0.768. The Balaban J connectivity index is 1.98. The van der Waals surface area contributed by atoms with E-state index in [1.54, 1.807) is 12.1 Å². The molecule has 19 heavy (non-hydrogen) atoms. The first kappa shape index (κ1) is 14.0. The smallest absolute Gasteiger partial charge is 0.140 e. The Bertz CT molecular complexity index is 466. The van der Waals surface area contributed by atoms with Gasteiger partial charge in [-0.25, -0.2) is 4.39 Å². The summed E-state index contributed by atoms with van der Waals surface area (Å²) in [4.78, 5) is 2.37. The summed E-state index contributed by atoms with van der Waals surface area (Å²) in [6.07, 6.45) is 4.21. The van der Waals surface area contributed by atoms with Crippen molar-refractivity contribution in [1.82, 2.24) is 4.90 Å². The number of unbranched alkanes of at least 4 members (excludes halogenated alkanes) is 1. The van der Waals surface area contributed by atoms with Gasteiger partial charge < -0.3 is 5.11 Å². The van der Waals surface area contributed by atoms with Crippen molar-refractivity contribution in [1.29, 1.82) is 5.26 Å². The van der Waals surface area contributed by atoms with E-state index in [2.05, 4.69) is 4.90 Å². The van der Waals surface area contributed by atoms with Crippen molar-refractivity contribution in [2.75, 3.05) is 13.2 Å². The minimum Gasteiger partial charge on any atom is -0.396 e. The van der Waals surface area contributed by atoms with E-state index < -0.39 is 5.82 Å². The first-order valence-corrected chi connectivity index (χ1v) is 6.78. The maximum absolute atomic E-state index is 13.3. The number of aliphatic hydroxyl groups is 1. The van der Waals surface area contributed by atoms with Crippen molar-refractivity contribution in [3.8, 4) is 6.07 Å². The molecule has 102 valence electrons. The summed E-state index contributed by atoms with van der Waals surface area (Å²) in [6.45, 7) is 1.93. The summed E-state index contributed by atoms with van der Waals surface area (Å²) < 4.78 is 13.3. The summed E-state index contributed by atoms with van der Waals surface area (Å²) in [5.41, 5.74) is 1.09. The van der Waals surface area contributed by atoms with Gasteiger partial charge in [-0.1, -0.05) is 6.07 Å². The number of nitrogens with zero attached hydrogens (tertiary/aromatic N) is 2. The van der Waals surface area contributed by atoms with Gasteiger partial charge in [-0.15, -0.1) is 0 Å². The molecule has 0 aromatic heterocycles. The van der Waals surface area contributed by atoms with Gasteiger partial charge in [0.05, 0.1) is 5.56 Å². The van der Waals surface area contributed by atoms with E-state index >= 15 is 0 Å². The molecule has 0 amide bonds. The minimum atomic E-state index is -0.454.